The van der Waals surface area contributed by atoms with Crippen LogP contribution in [-0.4, -0.2) is 24.0 Å². The maximum absolute atomic E-state index is 12.1. The van der Waals surface area contributed by atoms with Crippen LogP contribution in [-0.2, 0) is 9.53 Å². The summed E-state index contributed by atoms with van der Waals surface area (Å²) in [7, 11) is 1.24. The van der Waals surface area contributed by atoms with Crippen LogP contribution in [0.1, 0.15) is 22.1 Å². The molecule has 0 saturated carbocycles. The Kier molecular flexibility index (Phi) is 4.50. The summed E-state index contributed by atoms with van der Waals surface area (Å²) in [4.78, 5) is 37.6. The molecule has 1 unspecified atom stereocenters. The summed E-state index contributed by atoms with van der Waals surface area (Å²) in [6.07, 6.45) is 0. The average molecular weight is 286 g/mol. The predicted octanol–water partition coefficient (Wildman–Crippen LogP) is 1.02. The quantitative estimate of drug-likeness (QED) is 0.821. The summed E-state index contributed by atoms with van der Waals surface area (Å²) < 4.78 is 4.70. The first-order valence-corrected chi connectivity index (χ1v) is 6.25. The summed E-state index contributed by atoms with van der Waals surface area (Å²) in [6.45, 7) is 0. The van der Waals surface area contributed by atoms with Crippen molar-refractivity contribution in [1.29, 1.82) is 0 Å². The molecule has 0 spiro atoms. The van der Waals surface area contributed by atoms with Gasteiger partial charge in [0, 0.05) is 6.07 Å². The second kappa shape index (κ2) is 6.51. The van der Waals surface area contributed by atoms with E-state index in [1.807, 2.05) is 0 Å². The van der Waals surface area contributed by atoms with Crippen LogP contribution in [0, 0.1) is 0 Å². The van der Waals surface area contributed by atoms with Crippen LogP contribution in [0.25, 0.3) is 0 Å². The molecule has 2 aromatic rings. The van der Waals surface area contributed by atoms with E-state index >= 15 is 0 Å². The lowest BCUT2D eigenvalue weighted by Crippen LogP contribution is -2.35. The molecule has 2 rings (SSSR count). The van der Waals surface area contributed by atoms with Crippen molar-refractivity contribution in [1.82, 2.24) is 10.3 Å². The molecule has 1 amide bonds. The van der Waals surface area contributed by atoms with Gasteiger partial charge in [0.05, 0.1) is 7.11 Å². The van der Waals surface area contributed by atoms with E-state index in [0.717, 1.165) is 0 Å². The monoisotopic (exact) mass is 286 g/mol. The standard InChI is InChI=1S/C15H14N2O4/c1-21-15(20)13(10-6-3-2-4-7-10)17-14(19)11-8-5-9-12(18)16-11/h2-9,13H,1H3,(H,16,18)(H,17,19). The van der Waals surface area contributed by atoms with Gasteiger partial charge in [-0.1, -0.05) is 36.4 Å². The third-order valence-electron chi connectivity index (χ3n) is 2.86. The number of aromatic amines is 1. The molecule has 0 aliphatic heterocycles. The molecule has 108 valence electrons. The van der Waals surface area contributed by atoms with Gasteiger partial charge in [-0.15, -0.1) is 0 Å². The van der Waals surface area contributed by atoms with Crippen LogP contribution < -0.4 is 10.9 Å². The van der Waals surface area contributed by atoms with E-state index in [1.165, 1.54) is 25.3 Å². The number of carbonyl (C=O) groups is 2. The van der Waals surface area contributed by atoms with Gasteiger partial charge >= 0.3 is 5.97 Å². The molecular formula is C15H14N2O4. The number of amides is 1. The number of hydrogen-bond acceptors (Lipinski definition) is 4. The van der Waals surface area contributed by atoms with E-state index in [4.69, 9.17) is 4.74 Å². The molecule has 21 heavy (non-hydrogen) atoms. The van der Waals surface area contributed by atoms with Crippen molar-refractivity contribution in [3.8, 4) is 0 Å². The van der Waals surface area contributed by atoms with Gasteiger partial charge in [-0.3, -0.25) is 9.59 Å². The normalized spacial score (nSPS) is 11.5. The summed E-state index contributed by atoms with van der Waals surface area (Å²) >= 11 is 0. The SMILES string of the molecule is COC(=O)C(NC(=O)c1cccc(=O)[nH]1)c1ccccc1. The van der Waals surface area contributed by atoms with E-state index in [1.54, 1.807) is 30.3 Å². The number of esters is 1. The van der Waals surface area contributed by atoms with E-state index in [2.05, 4.69) is 10.3 Å². The fourth-order valence-electron chi connectivity index (χ4n) is 1.83. The number of aromatic nitrogens is 1. The number of nitrogens with one attached hydrogen (secondary N) is 2. The van der Waals surface area contributed by atoms with Crippen LogP contribution in [0.4, 0.5) is 0 Å². The third-order valence-corrected chi connectivity index (χ3v) is 2.86. The second-order valence-corrected chi connectivity index (χ2v) is 4.27. The molecule has 6 nitrogen and oxygen atoms in total. The molecule has 0 bridgehead atoms. The van der Waals surface area contributed by atoms with Gasteiger partial charge in [-0.2, -0.15) is 0 Å². The third kappa shape index (κ3) is 3.56. The van der Waals surface area contributed by atoms with Crippen LogP contribution in [0.5, 0.6) is 0 Å². The Labute approximate surface area is 120 Å². The van der Waals surface area contributed by atoms with Crippen LogP contribution in [0.15, 0.2) is 53.3 Å². The molecule has 6 heteroatoms. The minimum absolute atomic E-state index is 0.0762. The van der Waals surface area contributed by atoms with E-state index in [9.17, 15) is 14.4 Å². The Morgan fingerprint density at radius 2 is 1.81 bits per heavy atom. The first kappa shape index (κ1) is 14.5. The fraction of sp³-hybridized carbons (Fsp3) is 0.133. The van der Waals surface area contributed by atoms with Gasteiger partial charge < -0.3 is 15.0 Å². The zero-order valence-corrected chi connectivity index (χ0v) is 11.3. The molecular weight excluding hydrogens is 272 g/mol. The van der Waals surface area contributed by atoms with Gasteiger partial charge in [-0.05, 0) is 11.6 Å². The minimum Gasteiger partial charge on any atom is -0.467 e. The molecule has 0 fully saturated rings. The number of hydrogen-bond donors (Lipinski definition) is 2. The van der Waals surface area contributed by atoms with Crippen molar-refractivity contribution in [3.05, 3.63) is 70.1 Å². The summed E-state index contributed by atoms with van der Waals surface area (Å²) in [5, 5.41) is 2.54. The zero-order valence-electron chi connectivity index (χ0n) is 11.3. The highest BCUT2D eigenvalue weighted by atomic mass is 16.5. The average Bonchev–Trinajstić information content (AvgIpc) is 2.52. The van der Waals surface area contributed by atoms with Crippen LogP contribution in [0.3, 0.4) is 0 Å². The topological polar surface area (TPSA) is 88.3 Å². The number of methoxy groups -OCH3 is 1. The highest BCUT2D eigenvalue weighted by Gasteiger charge is 2.24. The maximum Gasteiger partial charge on any atom is 0.333 e. The number of H-pyrrole nitrogens is 1. The molecule has 1 heterocycles. The van der Waals surface area contributed by atoms with Gasteiger partial charge in [0.25, 0.3) is 5.91 Å². The van der Waals surface area contributed by atoms with Crippen molar-refractivity contribution in [2.45, 2.75) is 6.04 Å². The molecule has 0 aliphatic carbocycles. The predicted molar refractivity (Wildman–Crippen MR) is 75.7 cm³/mol. The highest BCUT2D eigenvalue weighted by molar-refractivity contribution is 5.95. The number of ether oxygens (including phenoxy) is 1. The van der Waals surface area contributed by atoms with Gasteiger partial charge in [-0.25, -0.2) is 4.79 Å². The highest BCUT2D eigenvalue weighted by Crippen LogP contribution is 2.14. The lowest BCUT2D eigenvalue weighted by atomic mass is 10.1. The first-order chi connectivity index (χ1) is 10.1. The maximum atomic E-state index is 12.1. The second-order valence-electron chi connectivity index (χ2n) is 4.27. The number of benzene rings is 1. The minimum atomic E-state index is -0.938. The summed E-state index contributed by atoms with van der Waals surface area (Å²) in [5.41, 5.74) is 0.278. The summed E-state index contributed by atoms with van der Waals surface area (Å²) in [6, 6.07) is 12.0. The lowest BCUT2D eigenvalue weighted by molar-refractivity contribution is -0.143. The van der Waals surface area contributed by atoms with Gasteiger partial charge in [0.2, 0.25) is 5.56 Å². The largest absolute Gasteiger partial charge is 0.467 e. The lowest BCUT2D eigenvalue weighted by Gasteiger charge is -2.16. The van der Waals surface area contributed by atoms with Crippen molar-refractivity contribution < 1.29 is 14.3 Å². The van der Waals surface area contributed by atoms with E-state index in [-0.39, 0.29) is 5.69 Å². The molecule has 1 aromatic carbocycles. The Bertz CT molecular complexity index is 694. The zero-order chi connectivity index (χ0) is 15.2. The molecule has 1 atom stereocenters. The van der Waals surface area contributed by atoms with Crippen molar-refractivity contribution in [2.24, 2.45) is 0 Å². The van der Waals surface area contributed by atoms with Gasteiger partial charge in [0.1, 0.15) is 5.69 Å². The Hall–Kier alpha value is -2.89. The van der Waals surface area contributed by atoms with Crippen molar-refractivity contribution in [3.63, 3.8) is 0 Å². The van der Waals surface area contributed by atoms with Gasteiger partial charge in [0.15, 0.2) is 6.04 Å². The Morgan fingerprint density at radius 1 is 1.10 bits per heavy atom. The summed E-state index contributed by atoms with van der Waals surface area (Å²) in [5.74, 6) is -1.15. The van der Waals surface area contributed by atoms with Crippen LogP contribution in [0.2, 0.25) is 0 Å². The fourth-order valence-corrected chi connectivity index (χ4v) is 1.83. The Morgan fingerprint density at radius 3 is 2.43 bits per heavy atom. The smallest absolute Gasteiger partial charge is 0.333 e. The van der Waals surface area contributed by atoms with Crippen LogP contribution >= 0.6 is 0 Å². The van der Waals surface area contributed by atoms with E-state index < -0.39 is 23.5 Å². The van der Waals surface area contributed by atoms with E-state index in [0.29, 0.717) is 5.56 Å². The Balaban J connectivity index is 2.25. The number of rotatable bonds is 4. The first-order valence-electron chi connectivity index (χ1n) is 6.25. The molecule has 1 aromatic heterocycles. The molecule has 2 N–H and O–H groups in total. The molecule has 0 aliphatic rings. The number of pyridine rings is 1. The molecule has 0 radical (unpaired) electrons. The van der Waals surface area contributed by atoms with Crippen molar-refractivity contribution >= 4 is 11.9 Å². The number of carbonyl (C=O) groups excluding carboxylic acids is 2. The molecule has 0 saturated heterocycles. The van der Waals surface area contributed by atoms with Crippen molar-refractivity contribution in [2.75, 3.05) is 7.11 Å².